The second-order valence-corrected chi connectivity index (χ2v) is 9.16. The van der Waals surface area contributed by atoms with E-state index in [0.29, 0.717) is 48.7 Å². The molecule has 0 aliphatic heterocycles. The van der Waals surface area contributed by atoms with Gasteiger partial charge in [-0.3, -0.25) is 4.79 Å². The summed E-state index contributed by atoms with van der Waals surface area (Å²) in [5.41, 5.74) is 3.03. The number of aryl methyl sites for hydroxylation is 2. The average Bonchev–Trinajstić information content (AvgIpc) is 3.05. The summed E-state index contributed by atoms with van der Waals surface area (Å²) < 4.78 is 34.0. The summed E-state index contributed by atoms with van der Waals surface area (Å²) in [5, 5.41) is 24.7. The van der Waals surface area contributed by atoms with Crippen LogP contribution in [0, 0.1) is 13.8 Å². The van der Waals surface area contributed by atoms with Crippen LogP contribution in [0.5, 0.6) is 0 Å². The van der Waals surface area contributed by atoms with Gasteiger partial charge in [0.15, 0.2) is 5.78 Å². The number of aliphatic hydroxyl groups is 3. The average molecular weight is 655 g/mol. The van der Waals surface area contributed by atoms with Crippen LogP contribution in [-0.4, -0.2) is 133 Å². The largest absolute Gasteiger partial charge is 0.465 e. The zero-order valence-corrected chi connectivity index (χ0v) is 27.1. The van der Waals surface area contributed by atoms with Crippen molar-refractivity contribution in [2.75, 3.05) is 94.0 Å². The van der Waals surface area contributed by atoms with Crippen LogP contribution in [0.4, 0.5) is 0 Å². The van der Waals surface area contributed by atoms with Gasteiger partial charge in [-0.2, -0.15) is 0 Å². The summed E-state index contributed by atoms with van der Waals surface area (Å²) in [6, 6.07) is 9.62. The van der Waals surface area contributed by atoms with Crippen LogP contribution in [0.25, 0.3) is 0 Å². The number of benzene rings is 2. The summed E-state index contributed by atoms with van der Waals surface area (Å²) in [6.07, 6.45) is 0. The third-order valence-corrected chi connectivity index (χ3v) is 5.37. The normalized spacial score (nSPS) is 10.1. The monoisotopic (exact) mass is 654 g/mol. The Morgan fingerprint density at radius 1 is 0.522 bits per heavy atom. The Hall–Kier alpha value is -3.76. The van der Waals surface area contributed by atoms with Gasteiger partial charge in [0.05, 0.1) is 90.4 Å². The molecule has 0 spiro atoms. The minimum atomic E-state index is -0.509. The van der Waals surface area contributed by atoms with E-state index in [0.717, 1.165) is 11.1 Å². The first-order valence-electron chi connectivity index (χ1n) is 14.2. The molecule has 3 N–H and O–H groups in total. The zero-order chi connectivity index (χ0) is 34.7. The molecule has 0 bridgehead atoms. The molecule has 0 atom stereocenters. The van der Waals surface area contributed by atoms with Crippen molar-refractivity contribution in [3.8, 4) is 0 Å². The SMILES string of the molecule is COC(=O)c1cc(C)cc(C(=O)OC)c1.COCC(=O)c1cc(C)cc(C(=O)OCCOCCOCCO)c1.OCCOCCO. The minimum absolute atomic E-state index is 0.0248. The van der Waals surface area contributed by atoms with Crippen LogP contribution in [-0.2, 0) is 33.2 Å². The molecule has 14 nitrogen and oxygen atoms in total. The van der Waals surface area contributed by atoms with Gasteiger partial charge in [-0.25, -0.2) is 14.4 Å². The Morgan fingerprint density at radius 3 is 1.33 bits per heavy atom. The van der Waals surface area contributed by atoms with Crippen molar-refractivity contribution in [3.63, 3.8) is 0 Å². The van der Waals surface area contributed by atoms with Crippen LogP contribution in [0.1, 0.15) is 52.6 Å². The number of ether oxygens (including phenoxy) is 7. The molecule has 0 aromatic heterocycles. The maximum atomic E-state index is 12.0. The molecule has 0 amide bonds. The second kappa shape index (κ2) is 26.5. The quantitative estimate of drug-likeness (QED) is 0.0907. The van der Waals surface area contributed by atoms with Gasteiger partial charge in [-0.15, -0.1) is 0 Å². The van der Waals surface area contributed by atoms with Crippen LogP contribution < -0.4 is 0 Å². The molecule has 0 aliphatic carbocycles. The Kier molecular flexibility index (Phi) is 24.3. The first-order valence-corrected chi connectivity index (χ1v) is 14.2. The van der Waals surface area contributed by atoms with Gasteiger partial charge in [-0.1, -0.05) is 0 Å². The fourth-order valence-electron chi connectivity index (χ4n) is 3.43. The predicted octanol–water partition coefficient (Wildman–Crippen LogP) is 1.56. The molecule has 0 radical (unpaired) electrons. The van der Waals surface area contributed by atoms with Crippen LogP contribution >= 0.6 is 0 Å². The van der Waals surface area contributed by atoms with Gasteiger partial charge in [-0.05, 0) is 61.4 Å². The number of rotatable bonds is 18. The first-order chi connectivity index (χ1) is 22.1. The van der Waals surface area contributed by atoms with Crippen molar-refractivity contribution < 1.29 is 67.7 Å². The molecule has 0 unspecified atom stereocenters. The van der Waals surface area contributed by atoms with Crippen LogP contribution in [0.3, 0.4) is 0 Å². The number of ketones is 1. The van der Waals surface area contributed by atoms with E-state index in [2.05, 4.69) is 14.2 Å². The Labute approximate surface area is 269 Å². The molecular formula is C32H46O14. The predicted molar refractivity (Wildman–Crippen MR) is 165 cm³/mol. The molecule has 0 fully saturated rings. The lowest BCUT2D eigenvalue weighted by atomic mass is 10.0. The third kappa shape index (κ3) is 18.9. The second-order valence-electron chi connectivity index (χ2n) is 9.16. The highest BCUT2D eigenvalue weighted by Gasteiger charge is 2.14. The molecule has 14 heteroatoms. The van der Waals surface area contributed by atoms with Crippen LogP contribution in [0.2, 0.25) is 0 Å². The number of carbonyl (C=O) groups is 4. The van der Waals surface area contributed by atoms with E-state index in [1.165, 1.54) is 33.5 Å². The summed E-state index contributed by atoms with van der Waals surface area (Å²) in [6.45, 7) is 5.58. The van der Waals surface area contributed by atoms with E-state index in [-0.39, 0.29) is 52.0 Å². The highest BCUT2D eigenvalue weighted by molar-refractivity contribution is 6.00. The maximum absolute atomic E-state index is 12.0. The molecule has 2 aromatic rings. The minimum Gasteiger partial charge on any atom is -0.465 e. The summed E-state index contributed by atoms with van der Waals surface area (Å²) >= 11 is 0. The van der Waals surface area contributed by atoms with E-state index < -0.39 is 17.9 Å². The summed E-state index contributed by atoms with van der Waals surface area (Å²) in [5.74, 6) is -1.64. The van der Waals surface area contributed by atoms with E-state index >= 15 is 0 Å². The smallest absolute Gasteiger partial charge is 0.338 e. The maximum Gasteiger partial charge on any atom is 0.338 e. The molecule has 0 saturated heterocycles. The van der Waals surface area contributed by atoms with Crippen molar-refractivity contribution in [3.05, 3.63) is 69.8 Å². The fraction of sp³-hybridized carbons (Fsp3) is 0.500. The zero-order valence-electron chi connectivity index (χ0n) is 27.1. The molecule has 0 aliphatic rings. The number of aliphatic hydroxyl groups excluding tert-OH is 3. The molecule has 2 aromatic carbocycles. The number of methoxy groups -OCH3 is 3. The van der Waals surface area contributed by atoms with Crippen LogP contribution in [0.15, 0.2) is 36.4 Å². The lowest BCUT2D eigenvalue weighted by Crippen LogP contribution is -2.14. The van der Waals surface area contributed by atoms with Gasteiger partial charge in [0.2, 0.25) is 0 Å². The molecular weight excluding hydrogens is 608 g/mol. The lowest BCUT2D eigenvalue weighted by Gasteiger charge is -2.08. The molecule has 2 rings (SSSR count). The number of hydrogen-bond acceptors (Lipinski definition) is 14. The number of hydrogen-bond donors (Lipinski definition) is 3. The van der Waals surface area contributed by atoms with Crippen molar-refractivity contribution in [2.45, 2.75) is 13.8 Å². The Balaban J connectivity index is 0.000000778. The highest BCUT2D eigenvalue weighted by Crippen LogP contribution is 2.13. The number of Topliss-reactive ketones (excluding diaryl/α,β-unsaturated/α-hetero) is 1. The summed E-state index contributed by atoms with van der Waals surface area (Å²) in [7, 11) is 4.03. The van der Waals surface area contributed by atoms with E-state index in [1.54, 1.807) is 38.1 Å². The fourth-order valence-corrected chi connectivity index (χ4v) is 3.43. The Bertz CT molecular complexity index is 1140. The van der Waals surface area contributed by atoms with E-state index in [1.807, 2.05) is 0 Å². The highest BCUT2D eigenvalue weighted by atomic mass is 16.6. The third-order valence-electron chi connectivity index (χ3n) is 5.37. The lowest BCUT2D eigenvalue weighted by molar-refractivity contribution is 0.00918. The van der Waals surface area contributed by atoms with Gasteiger partial charge in [0, 0.05) is 12.7 Å². The number of esters is 3. The molecule has 258 valence electrons. The van der Waals surface area contributed by atoms with Gasteiger partial charge in [0.1, 0.15) is 13.2 Å². The van der Waals surface area contributed by atoms with Crippen molar-refractivity contribution in [1.82, 2.24) is 0 Å². The van der Waals surface area contributed by atoms with E-state index in [4.69, 9.17) is 34.3 Å². The van der Waals surface area contributed by atoms with Crippen molar-refractivity contribution in [2.24, 2.45) is 0 Å². The first kappa shape index (κ1) is 42.2. The van der Waals surface area contributed by atoms with Crippen molar-refractivity contribution in [1.29, 1.82) is 0 Å². The number of carbonyl (C=O) groups excluding carboxylic acids is 4. The summed E-state index contributed by atoms with van der Waals surface area (Å²) in [4.78, 5) is 46.4. The molecule has 0 heterocycles. The Morgan fingerprint density at radius 2 is 0.891 bits per heavy atom. The molecule has 0 saturated carbocycles. The standard InChI is InChI=1S/C17H24O7.C11H12O4.C4H10O3/c1-13-9-14(16(19)12-21-2)11-15(10-13)17(20)24-8-7-23-6-5-22-4-3-18;1-7-4-8(10(12)14-2)6-9(5-7)11(13)15-3;5-1-3-7-4-2-6/h9-11,18H,3-8,12H2,1-2H3;4-6H,1-3H3;5-6H,1-4H2. The van der Waals surface area contributed by atoms with Gasteiger partial charge < -0.3 is 48.5 Å². The van der Waals surface area contributed by atoms with Crippen molar-refractivity contribution >= 4 is 23.7 Å². The van der Waals surface area contributed by atoms with Gasteiger partial charge >= 0.3 is 17.9 Å². The molecule has 46 heavy (non-hydrogen) atoms. The topological polar surface area (TPSA) is 194 Å². The van der Waals surface area contributed by atoms with E-state index in [9.17, 15) is 19.2 Å². The van der Waals surface area contributed by atoms with Gasteiger partial charge in [0.25, 0.3) is 0 Å².